The molecule has 1 amide bonds. The predicted octanol–water partition coefficient (Wildman–Crippen LogP) is 2.80. The van der Waals surface area contributed by atoms with E-state index in [1.54, 1.807) is 11.9 Å². The number of carbonyl (C=O) groups excluding carboxylic acids is 1. The molecular formula is C23H26N4O3S. The van der Waals surface area contributed by atoms with E-state index in [1.165, 1.54) is 10.9 Å². The lowest BCUT2D eigenvalue weighted by Gasteiger charge is -2.32. The molecule has 0 radical (unpaired) electrons. The number of nitrogens with zero attached hydrogens (tertiary/aromatic N) is 4. The van der Waals surface area contributed by atoms with Gasteiger partial charge < -0.3 is 9.47 Å². The van der Waals surface area contributed by atoms with Gasteiger partial charge in [0.05, 0.1) is 5.25 Å². The fraction of sp³-hybridized carbons (Fsp3) is 0.348. The molecule has 1 aliphatic rings. The Bertz CT molecular complexity index is 1080. The Morgan fingerprint density at radius 2 is 1.55 bits per heavy atom. The predicted molar refractivity (Wildman–Crippen MR) is 117 cm³/mol. The van der Waals surface area contributed by atoms with Gasteiger partial charge in [-0.2, -0.15) is 0 Å². The zero-order chi connectivity index (χ0) is 21.8. The van der Waals surface area contributed by atoms with Gasteiger partial charge in [0, 0.05) is 32.5 Å². The fourth-order valence-electron chi connectivity index (χ4n) is 4.20. The number of aryl methyl sites for hydroxylation is 1. The van der Waals surface area contributed by atoms with E-state index < -0.39 is 15.1 Å². The van der Waals surface area contributed by atoms with Crippen LogP contribution in [0.4, 0.5) is 0 Å². The second-order valence-electron chi connectivity index (χ2n) is 7.93. The van der Waals surface area contributed by atoms with E-state index in [9.17, 15) is 13.2 Å². The lowest BCUT2D eigenvalue weighted by atomic mass is 9.88. The molecule has 0 saturated carbocycles. The zero-order valence-electron chi connectivity index (χ0n) is 17.5. The molecule has 0 aliphatic carbocycles. The molecule has 1 aromatic heterocycles. The van der Waals surface area contributed by atoms with Crippen molar-refractivity contribution in [1.29, 1.82) is 0 Å². The van der Waals surface area contributed by atoms with Crippen LogP contribution in [-0.2, 0) is 21.7 Å². The van der Waals surface area contributed by atoms with Crippen LogP contribution in [-0.4, -0.2) is 52.3 Å². The highest BCUT2D eigenvalue weighted by Gasteiger charge is 2.35. The molecule has 2 aromatic carbocycles. The summed E-state index contributed by atoms with van der Waals surface area (Å²) in [5, 5.41) is 6.90. The Kier molecular flexibility index (Phi) is 6.18. The standard InChI is InChI=1S/C23H26N4O3S/c1-26-17-24-25-23(26)31(29,30)20-12-14-27(15-13-20)22(28)16-21(18-8-4-2-5-9-18)19-10-6-3-7-11-19/h2-11,17,20-21H,12-16H2,1H3. The minimum Gasteiger partial charge on any atom is -0.343 e. The van der Waals surface area contributed by atoms with Crippen LogP contribution < -0.4 is 0 Å². The number of piperidine rings is 1. The van der Waals surface area contributed by atoms with E-state index in [0.29, 0.717) is 32.4 Å². The normalized spacial score (nSPS) is 15.4. The summed E-state index contributed by atoms with van der Waals surface area (Å²) in [6.45, 7) is 0.855. The largest absolute Gasteiger partial charge is 0.343 e. The van der Waals surface area contributed by atoms with Crippen molar-refractivity contribution in [3.05, 3.63) is 78.1 Å². The number of likely N-dealkylation sites (tertiary alicyclic amines) is 1. The van der Waals surface area contributed by atoms with Crippen LogP contribution in [0.2, 0.25) is 0 Å². The molecule has 7 nitrogen and oxygen atoms in total. The monoisotopic (exact) mass is 438 g/mol. The first-order valence-electron chi connectivity index (χ1n) is 10.4. The van der Waals surface area contributed by atoms with Crippen LogP contribution in [0.25, 0.3) is 0 Å². The molecule has 31 heavy (non-hydrogen) atoms. The van der Waals surface area contributed by atoms with Crippen LogP contribution in [0.1, 0.15) is 36.3 Å². The second-order valence-corrected chi connectivity index (χ2v) is 10.0. The van der Waals surface area contributed by atoms with Crippen molar-refractivity contribution in [3.8, 4) is 0 Å². The number of hydrogen-bond donors (Lipinski definition) is 0. The third kappa shape index (κ3) is 4.54. The maximum Gasteiger partial charge on any atom is 0.249 e. The number of carbonyl (C=O) groups is 1. The highest BCUT2D eigenvalue weighted by Crippen LogP contribution is 2.30. The molecule has 0 spiro atoms. The van der Waals surface area contributed by atoms with Crippen molar-refractivity contribution >= 4 is 15.7 Å². The molecule has 2 heterocycles. The zero-order valence-corrected chi connectivity index (χ0v) is 18.3. The van der Waals surface area contributed by atoms with Crippen LogP contribution in [0, 0.1) is 0 Å². The van der Waals surface area contributed by atoms with Gasteiger partial charge in [0.15, 0.2) is 0 Å². The van der Waals surface area contributed by atoms with Gasteiger partial charge in [-0.05, 0) is 24.0 Å². The average molecular weight is 439 g/mol. The highest BCUT2D eigenvalue weighted by atomic mass is 32.2. The fourth-order valence-corrected chi connectivity index (χ4v) is 5.94. The molecule has 8 heteroatoms. The lowest BCUT2D eigenvalue weighted by molar-refractivity contribution is -0.132. The Hall–Kier alpha value is -3.00. The first-order chi connectivity index (χ1) is 15.0. The van der Waals surface area contributed by atoms with Crippen molar-refractivity contribution in [2.45, 2.75) is 35.6 Å². The molecule has 0 N–H and O–H groups in total. The average Bonchev–Trinajstić information content (AvgIpc) is 3.25. The number of benzene rings is 2. The summed E-state index contributed by atoms with van der Waals surface area (Å²) in [5.74, 6) is 0.0159. The van der Waals surface area contributed by atoms with Crippen LogP contribution >= 0.6 is 0 Å². The van der Waals surface area contributed by atoms with Gasteiger partial charge in [0.2, 0.25) is 20.9 Å². The Morgan fingerprint density at radius 3 is 2.03 bits per heavy atom. The van der Waals surface area contributed by atoms with Crippen molar-refractivity contribution in [2.24, 2.45) is 7.05 Å². The van der Waals surface area contributed by atoms with Gasteiger partial charge in [0.25, 0.3) is 0 Å². The molecule has 162 valence electrons. The summed E-state index contributed by atoms with van der Waals surface area (Å²) in [4.78, 5) is 14.9. The van der Waals surface area contributed by atoms with Gasteiger partial charge >= 0.3 is 0 Å². The first-order valence-corrected chi connectivity index (χ1v) is 12.0. The molecule has 1 fully saturated rings. The third-order valence-electron chi connectivity index (χ3n) is 5.94. The van der Waals surface area contributed by atoms with Gasteiger partial charge in [-0.25, -0.2) is 8.42 Å². The Labute approximate surface area is 182 Å². The van der Waals surface area contributed by atoms with Gasteiger partial charge in [-0.3, -0.25) is 4.79 Å². The molecule has 1 aliphatic heterocycles. The minimum absolute atomic E-state index is 0.00880. The van der Waals surface area contributed by atoms with Crippen molar-refractivity contribution in [3.63, 3.8) is 0 Å². The van der Waals surface area contributed by atoms with Crippen molar-refractivity contribution in [2.75, 3.05) is 13.1 Å². The maximum atomic E-state index is 13.1. The molecule has 0 atom stereocenters. The molecule has 0 bridgehead atoms. The van der Waals surface area contributed by atoms with E-state index >= 15 is 0 Å². The van der Waals surface area contributed by atoms with E-state index in [2.05, 4.69) is 10.2 Å². The smallest absolute Gasteiger partial charge is 0.249 e. The van der Waals surface area contributed by atoms with Crippen LogP contribution in [0.15, 0.2) is 72.1 Å². The summed E-state index contributed by atoms with van der Waals surface area (Å²) in [6, 6.07) is 20.1. The number of amides is 1. The SMILES string of the molecule is Cn1cnnc1S(=O)(=O)C1CCN(C(=O)CC(c2ccccc2)c2ccccc2)CC1. The first kappa shape index (κ1) is 21.2. The number of sulfone groups is 1. The van der Waals surface area contributed by atoms with E-state index in [1.807, 2.05) is 60.7 Å². The van der Waals surface area contributed by atoms with E-state index in [-0.39, 0.29) is 17.0 Å². The summed E-state index contributed by atoms with van der Waals surface area (Å²) in [7, 11) is -1.93. The van der Waals surface area contributed by atoms with Gasteiger partial charge in [-0.1, -0.05) is 60.7 Å². The quantitative estimate of drug-likeness (QED) is 0.591. The molecule has 0 unspecified atom stereocenters. The lowest BCUT2D eigenvalue weighted by Crippen LogP contribution is -2.43. The number of hydrogen-bond acceptors (Lipinski definition) is 5. The van der Waals surface area contributed by atoms with Crippen molar-refractivity contribution in [1.82, 2.24) is 19.7 Å². The molecule has 4 rings (SSSR count). The van der Waals surface area contributed by atoms with E-state index in [4.69, 9.17) is 0 Å². The number of aromatic nitrogens is 3. The molecule has 3 aromatic rings. The van der Waals surface area contributed by atoms with E-state index in [0.717, 1.165) is 11.1 Å². The van der Waals surface area contributed by atoms with Crippen LogP contribution in [0.3, 0.4) is 0 Å². The minimum atomic E-state index is -3.56. The Balaban J connectivity index is 1.45. The summed E-state index contributed by atoms with van der Waals surface area (Å²) < 4.78 is 27.2. The topological polar surface area (TPSA) is 85.2 Å². The van der Waals surface area contributed by atoms with Gasteiger partial charge in [-0.15, -0.1) is 10.2 Å². The van der Waals surface area contributed by atoms with Crippen molar-refractivity contribution < 1.29 is 13.2 Å². The summed E-state index contributed by atoms with van der Waals surface area (Å²) in [5.41, 5.74) is 2.20. The molecule has 1 saturated heterocycles. The molecular weight excluding hydrogens is 412 g/mol. The number of rotatable bonds is 6. The third-order valence-corrected chi connectivity index (χ3v) is 8.17. The summed E-state index contributed by atoms with van der Waals surface area (Å²) >= 11 is 0. The Morgan fingerprint density at radius 1 is 1.00 bits per heavy atom. The summed E-state index contributed by atoms with van der Waals surface area (Å²) in [6.07, 6.45) is 2.55. The highest BCUT2D eigenvalue weighted by molar-refractivity contribution is 7.91. The second kappa shape index (κ2) is 9.01. The maximum absolute atomic E-state index is 13.1. The van der Waals surface area contributed by atoms with Gasteiger partial charge in [0.1, 0.15) is 6.33 Å². The van der Waals surface area contributed by atoms with Crippen LogP contribution in [0.5, 0.6) is 0 Å².